The van der Waals surface area contributed by atoms with Crippen molar-refractivity contribution in [1.82, 2.24) is 4.98 Å². The normalized spacial score (nSPS) is 13.1. The van der Waals surface area contributed by atoms with Gasteiger partial charge in [-0.1, -0.05) is 6.07 Å². The van der Waals surface area contributed by atoms with E-state index in [1.54, 1.807) is 35.6 Å². The zero-order valence-electron chi connectivity index (χ0n) is 11.3. The van der Waals surface area contributed by atoms with Crippen molar-refractivity contribution in [2.75, 3.05) is 10.6 Å². The average Bonchev–Trinajstić information content (AvgIpc) is 2.89. The van der Waals surface area contributed by atoms with Crippen LogP contribution in [0.4, 0.5) is 15.6 Å². The molecule has 5 nitrogen and oxygen atoms in total. The maximum absolute atomic E-state index is 12.0. The molecule has 106 valence electrons. The number of nitrogens with one attached hydrogen (secondary N) is 2. The highest BCUT2D eigenvalue weighted by Gasteiger charge is 2.16. The number of amides is 2. The number of thiazole rings is 1. The second kappa shape index (κ2) is 5.94. The molecule has 21 heavy (non-hydrogen) atoms. The van der Waals surface area contributed by atoms with Gasteiger partial charge >= 0.3 is 6.03 Å². The molecule has 1 aliphatic carbocycles. The van der Waals surface area contributed by atoms with Crippen molar-refractivity contribution in [2.24, 2.45) is 0 Å². The predicted octanol–water partition coefficient (Wildman–Crippen LogP) is 3.54. The van der Waals surface area contributed by atoms with E-state index in [1.807, 2.05) is 6.07 Å². The number of anilines is 2. The number of aryl methyl sites for hydroxylation is 2. The van der Waals surface area contributed by atoms with Gasteiger partial charge in [-0.25, -0.2) is 9.78 Å². The largest absolute Gasteiger partial charge is 0.325 e. The van der Waals surface area contributed by atoms with Crippen molar-refractivity contribution in [3.63, 3.8) is 0 Å². The van der Waals surface area contributed by atoms with Gasteiger partial charge in [0.05, 0.1) is 17.3 Å². The number of hydrogen-bond donors (Lipinski definition) is 2. The highest BCUT2D eigenvalue weighted by atomic mass is 32.1. The molecular formula is C15H14N4OS. The van der Waals surface area contributed by atoms with Crippen LogP contribution in [0.1, 0.15) is 29.0 Å². The van der Waals surface area contributed by atoms with E-state index >= 15 is 0 Å². The number of nitrogens with zero attached hydrogens (tertiary/aromatic N) is 2. The Kier molecular flexibility index (Phi) is 3.84. The number of carbonyl (C=O) groups excluding carboxylic acids is 1. The zero-order valence-corrected chi connectivity index (χ0v) is 12.2. The van der Waals surface area contributed by atoms with Crippen LogP contribution in [0.15, 0.2) is 24.3 Å². The number of carbonyl (C=O) groups is 1. The maximum Gasteiger partial charge on any atom is 0.325 e. The molecule has 6 heteroatoms. The number of urea groups is 1. The Bertz CT molecular complexity index is 693. The lowest BCUT2D eigenvalue weighted by Crippen LogP contribution is -2.19. The van der Waals surface area contributed by atoms with Gasteiger partial charge in [-0.05, 0) is 43.9 Å². The fourth-order valence-corrected chi connectivity index (χ4v) is 3.38. The van der Waals surface area contributed by atoms with Crippen LogP contribution in [-0.2, 0) is 12.8 Å². The maximum atomic E-state index is 12.0. The molecule has 1 heterocycles. The molecule has 2 aromatic rings. The van der Waals surface area contributed by atoms with Crippen LogP contribution < -0.4 is 10.6 Å². The molecule has 0 atom stereocenters. The minimum Gasteiger partial charge on any atom is -0.308 e. The minimum absolute atomic E-state index is 0.337. The predicted molar refractivity (Wildman–Crippen MR) is 82.6 cm³/mol. The number of fused-ring (bicyclic) bond motifs is 1. The molecule has 3 rings (SSSR count). The standard InChI is InChI=1S/C15H14N4OS/c16-9-10-4-3-5-11(8-10)17-14(20)19-15-18-12-6-1-2-7-13(12)21-15/h3-5,8H,1-2,6-7H2,(H2,17,18,19,20). The topological polar surface area (TPSA) is 77.8 Å². The lowest BCUT2D eigenvalue weighted by Gasteiger charge is -2.06. The van der Waals surface area contributed by atoms with Crippen molar-refractivity contribution in [2.45, 2.75) is 25.7 Å². The summed E-state index contributed by atoms with van der Waals surface area (Å²) >= 11 is 1.55. The van der Waals surface area contributed by atoms with E-state index < -0.39 is 0 Å². The molecule has 0 saturated carbocycles. The van der Waals surface area contributed by atoms with Crippen LogP contribution in [0.5, 0.6) is 0 Å². The second-order valence-electron chi connectivity index (χ2n) is 4.87. The molecular weight excluding hydrogens is 284 g/mol. The van der Waals surface area contributed by atoms with Gasteiger partial charge in [0.1, 0.15) is 0 Å². The monoisotopic (exact) mass is 298 g/mol. The Morgan fingerprint density at radius 3 is 2.95 bits per heavy atom. The van der Waals surface area contributed by atoms with E-state index in [-0.39, 0.29) is 6.03 Å². The molecule has 0 saturated heterocycles. The molecule has 1 aliphatic rings. The molecule has 2 N–H and O–H groups in total. The van der Waals surface area contributed by atoms with Crippen LogP contribution in [0.25, 0.3) is 0 Å². The number of aromatic nitrogens is 1. The minimum atomic E-state index is -0.337. The first-order chi connectivity index (χ1) is 10.2. The van der Waals surface area contributed by atoms with E-state index in [0.717, 1.165) is 18.5 Å². The van der Waals surface area contributed by atoms with Crippen molar-refractivity contribution in [1.29, 1.82) is 5.26 Å². The molecule has 0 spiro atoms. The van der Waals surface area contributed by atoms with E-state index in [9.17, 15) is 4.79 Å². The first-order valence-electron chi connectivity index (χ1n) is 6.81. The molecule has 2 amide bonds. The molecule has 0 unspecified atom stereocenters. The van der Waals surface area contributed by atoms with Gasteiger partial charge in [0, 0.05) is 10.6 Å². The van der Waals surface area contributed by atoms with E-state index in [1.165, 1.54) is 17.7 Å². The summed E-state index contributed by atoms with van der Waals surface area (Å²) in [6, 6.07) is 8.50. The third kappa shape index (κ3) is 3.20. The third-order valence-corrected chi connectivity index (χ3v) is 4.39. The summed E-state index contributed by atoms with van der Waals surface area (Å²) in [6.07, 6.45) is 4.42. The van der Waals surface area contributed by atoms with Gasteiger partial charge in [0.25, 0.3) is 0 Å². The SMILES string of the molecule is N#Cc1cccc(NC(=O)Nc2nc3c(s2)CCCC3)c1. The summed E-state index contributed by atoms with van der Waals surface area (Å²) in [5, 5.41) is 14.9. The highest BCUT2D eigenvalue weighted by molar-refractivity contribution is 7.15. The fraction of sp³-hybridized carbons (Fsp3) is 0.267. The molecule has 0 radical (unpaired) electrons. The molecule has 0 aliphatic heterocycles. The van der Waals surface area contributed by atoms with Gasteiger partial charge in [0.15, 0.2) is 5.13 Å². The van der Waals surface area contributed by atoms with Crippen LogP contribution in [0.3, 0.4) is 0 Å². The quantitative estimate of drug-likeness (QED) is 0.890. The van der Waals surface area contributed by atoms with Gasteiger partial charge in [-0.2, -0.15) is 5.26 Å². The highest BCUT2D eigenvalue weighted by Crippen LogP contribution is 2.29. The van der Waals surface area contributed by atoms with Crippen molar-refractivity contribution in [3.05, 3.63) is 40.4 Å². The fourth-order valence-electron chi connectivity index (χ4n) is 2.33. The average molecular weight is 298 g/mol. The number of nitriles is 1. The van der Waals surface area contributed by atoms with Crippen LogP contribution in [-0.4, -0.2) is 11.0 Å². The first-order valence-corrected chi connectivity index (χ1v) is 7.63. The zero-order chi connectivity index (χ0) is 14.7. The van der Waals surface area contributed by atoms with E-state index in [2.05, 4.69) is 15.6 Å². The van der Waals surface area contributed by atoms with Crippen molar-refractivity contribution < 1.29 is 4.79 Å². The second-order valence-corrected chi connectivity index (χ2v) is 5.95. The Balaban J connectivity index is 1.66. The summed E-state index contributed by atoms with van der Waals surface area (Å²) < 4.78 is 0. The Morgan fingerprint density at radius 2 is 2.14 bits per heavy atom. The van der Waals surface area contributed by atoms with Crippen LogP contribution in [0.2, 0.25) is 0 Å². The summed E-state index contributed by atoms with van der Waals surface area (Å²) in [6.45, 7) is 0. The smallest absolute Gasteiger partial charge is 0.308 e. The Morgan fingerprint density at radius 1 is 1.29 bits per heavy atom. The molecule has 1 aromatic heterocycles. The number of benzene rings is 1. The van der Waals surface area contributed by atoms with E-state index in [0.29, 0.717) is 16.4 Å². The summed E-state index contributed by atoms with van der Waals surface area (Å²) in [5.74, 6) is 0. The van der Waals surface area contributed by atoms with Crippen LogP contribution >= 0.6 is 11.3 Å². The first kappa shape index (κ1) is 13.6. The lowest BCUT2D eigenvalue weighted by atomic mass is 10.0. The van der Waals surface area contributed by atoms with Crippen LogP contribution in [0, 0.1) is 11.3 Å². The van der Waals surface area contributed by atoms with Gasteiger partial charge in [0.2, 0.25) is 0 Å². The lowest BCUT2D eigenvalue weighted by molar-refractivity contribution is 0.262. The number of hydrogen-bond acceptors (Lipinski definition) is 4. The Hall–Kier alpha value is -2.39. The molecule has 0 fully saturated rings. The van der Waals surface area contributed by atoms with Gasteiger partial charge < -0.3 is 5.32 Å². The van der Waals surface area contributed by atoms with Crippen molar-refractivity contribution >= 4 is 28.2 Å². The van der Waals surface area contributed by atoms with E-state index in [4.69, 9.17) is 5.26 Å². The van der Waals surface area contributed by atoms with Crippen molar-refractivity contribution in [3.8, 4) is 6.07 Å². The van der Waals surface area contributed by atoms with Gasteiger partial charge in [-0.3, -0.25) is 5.32 Å². The summed E-state index contributed by atoms with van der Waals surface area (Å²) in [7, 11) is 0. The third-order valence-electron chi connectivity index (χ3n) is 3.32. The molecule has 1 aromatic carbocycles. The number of rotatable bonds is 2. The molecule has 0 bridgehead atoms. The Labute approximate surface area is 126 Å². The summed E-state index contributed by atoms with van der Waals surface area (Å²) in [5.41, 5.74) is 2.22. The van der Waals surface area contributed by atoms with Gasteiger partial charge in [-0.15, -0.1) is 11.3 Å². The summed E-state index contributed by atoms with van der Waals surface area (Å²) in [4.78, 5) is 17.7.